The highest BCUT2D eigenvalue weighted by molar-refractivity contribution is 6.06. The summed E-state index contributed by atoms with van der Waals surface area (Å²) in [7, 11) is 0. The van der Waals surface area contributed by atoms with Gasteiger partial charge in [0, 0.05) is 31.7 Å². The van der Waals surface area contributed by atoms with Crippen LogP contribution in [0.4, 0.5) is 0 Å². The maximum atomic E-state index is 13.3. The Morgan fingerprint density at radius 3 is 2.96 bits per heavy atom. The van der Waals surface area contributed by atoms with Crippen LogP contribution >= 0.6 is 0 Å². The second kappa shape index (κ2) is 6.57. The van der Waals surface area contributed by atoms with Gasteiger partial charge in [-0.1, -0.05) is 0 Å². The van der Waals surface area contributed by atoms with Crippen LogP contribution in [0.2, 0.25) is 0 Å². The molecule has 1 amide bonds. The minimum absolute atomic E-state index is 0.0156. The van der Waals surface area contributed by atoms with E-state index in [1.807, 2.05) is 41.6 Å². The third-order valence-corrected chi connectivity index (χ3v) is 4.72. The van der Waals surface area contributed by atoms with E-state index in [-0.39, 0.29) is 18.0 Å². The number of fused-ring (bicyclic) bond motifs is 1. The Bertz CT molecular complexity index is 929. The first-order chi connectivity index (χ1) is 12.5. The molecule has 0 saturated carbocycles. The number of rotatable bonds is 3. The summed E-state index contributed by atoms with van der Waals surface area (Å²) in [5, 5.41) is 8.61. The van der Waals surface area contributed by atoms with Gasteiger partial charge < -0.3 is 14.6 Å². The highest BCUT2D eigenvalue weighted by Crippen LogP contribution is 2.27. The number of nitrogens with one attached hydrogen (secondary N) is 1. The van der Waals surface area contributed by atoms with E-state index in [0.29, 0.717) is 35.8 Å². The zero-order valence-electron chi connectivity index (χ0n) is 15.3. The van der Waals surface area contributed by atoms with Gasteiger partial charge >= 0.3 is 0 Å². The van der Waals surface area contributed by atoms with Crippen LogP contribution < -0.4 is 5.32 Å². The molecule has 0 bridgehead atoms. The third kappa shape index (κ3) is 2.88. The maximum absolute atomic E-state index is 13.3. The van der Waals surface area contributed by atoms with Crippen molar-refractivity contribution >= 4 is 16.9 Å². The summed E-state index contributed by atoms with van der Waals surface area (Å²) in [5.74, 6) is 0.660. The monoisotopic (exact) mass is 353 g/mol. The molecule has 1 unspecified atom stereocenters. The molecule has 136 valence electrons. The highest BCUT2D eigenvalue weighted by Gasteiger charge is 2.26. The van der Waals surface area contributed by atoms with Crippen LogP contribution in [0.5, 0.6) is 0 Å². The lowest BCUT2D eigenvalue weighted by Gasteiger charge is -2.32. The molecule has 1 fully saturated rings. The fourth-order valence-corrected chi connectivity index (χ4v) is 3.41. The third-order valence-electron chi connectivity index (χ3n) is 4.72. The van der Waals surface area contributed by atoms with E-state index in [4.69, 9.17) is 9.40 Å². The molecule has 4 heterocycles. The molecule has 1 saturated heterocycles. The predicted molar refractivity (Wildman–Crippen MR) is 99.0 cm³/mol. The van der Waals surface area contributed by atoms with E-state index in [1.165, 1.54) is 0 Å². The van der Waals surface area contributed by atoms with E-state index in [1.54, 1.807) is 12.5 Å². The molecule has 0 radical (unpaired) electrons. The number of furan rings is 1. The lowest BCUT2D eigenvalue weighted by atomic mass is 10.1. The number of pyridine rings is 1. The van der Waals surface area contributed by atoms with Gasteiger partial charge in [-0.05, 0) is 39.0 Å². The SMILES string of the molecule is CC1CN(C(=O)c2cc(-c3ccco3)nc3c2cnn3C(C)C)CCN1. The van der Waals surface area contributed by atoms with Gasteiger partial charge in [-0.2, -0.15) is 5.10 Å². The van der Waals surface area contributed by atoms with Crippen molar-refractivity contribution in [1.82, 2.24) is 25.0 Å². The molecule has 4 rings (SSSR count). The smallest absolute Gasteiger partial charge is 0.254 e. The summed E-state index contributed by atoms with van der Waals surface area (Å²) < 4.78 is 7.36. The first-order valence-corrected chi connectivity index (χ1v) is 8.99. The maximum Gasteiger partial charge on any atom is 0.254 e. The molecule has 0 aromatic carbocycles. The Hall–Kier alpha value is -2.67. The fraction of sp³-hybridized carbons (Fsp3) is 0.421. The van der Waals surface area contributed by atoms with Crippen LogP contribution in [0.15, 0.2) is 35.1 Å². The number of piperazine rings is 1. The summed E-state index contributed by atoms with van der Waals surface area (Å²) in [6, 6.07) is 5.93. The van der Waals surface area contributed by atoms with Crippen molar-refractivity contribution < 1.29 is 9.21 Å². The van der Waals surface area contributed by atoms with Crippen LogP contribution in [0, 0.1) is 0 Å². The lowest BCUT2D eigenvalue weighted by molar-refractivity contribution is 0.0711. The summed E-state index contributed by atoms with van der Waals surface area (Å²) in [4.78, 5) is 19.9. The standard InChI is InChI=1S/C19H23N5O2/c1-12(2)24-18-15(10-21-24)14(9-16(22-18)17-5-4-8-26-17)19(25)23-7-6-20-13(3)11-23/h4-5,8-10,12-13,20H,6-7,11H2,1-3H3. The van der Waals surface area contributed by atoms with E-state index in [9.17, 15) is 4.79 Å². The van der Waals surface area contributed by atoms with Gasteiger partial charge in [0.05, 0.1) is 23.4 Å². The van der Waals surface area contributed by atoms with Crippen molar-refractivity contribution in [3.63, 3.8) is 0 Å². The molecule has 1 N–H and O–H groups in total. The number of amides is 1. The summed E-state index contributed by atoms with van der Waals surface area (Å²) in [6.45, 7) is 8.38. The van der Waals surface area contributed by atoms with Gasteiger partial charge in [0.1, 0.15) is 5.69 Å². The van der Waals surface area contributed by atoms with Crippen molar-refractivity contribution in [2.45, 2.75) is 32.9 Å². The van der Waals surface area contributed by atoms with Crippen molar-refractivity contribution in [2.75, 3.05) is 19.6 Å². The first kappa shape index (κ1) is 16.8. The molecule has 1 aliphatic rings. The van der Waals surface area contributed by atoms with E-state index in [0.717, 1.165) is 11.9 Å². The average Bonchev–Trinajstić information content (AvgIpc) is 3.29. The molecule has 7 heteroatoms. The molecular formula is C19H23N5O2. The van der Waals surface area contributed by atoms with E-state index in [2.05, 4.69) is 17.3 Å². The van der Waals surface area contributed by atoms with Gasteiger partial charge in [0.15, 0.2) is 11.4 Å². The fourth-order valence-electron chi connectivity index (χ4n) is 3.41. The number of carbonyl (C=O) groups is 1. The molecule has 3 aromatic rings. The Morgan fingerprint density at radius 1 is 1.42 bits per heavy atom. The molecule has 3 aromatic heterocycles. The van der Waals surface area contributed by atoms with E-state index < -0.39 is 0 Å². The molecule has 7 nitrogen and oxygen atoms in total. The van der Waals surface area contributed by atoms with Crippen LogP contribution in [-0.4, -0.2) is 51.2 Å². The normalized spacial score (nSPS) is 18.0. The number of nitrogens with zero attached hydrogens (tertiary/aromatic N) is 4. The van der Waals surface area contributed by atoms with Gasteiger partial charge in [0.25, 0.3) is 5.91 Å². The zero-order valence-corrected chi connectivity index (χ0v) is 15.3. The second-order valence-corrected chi connectivity index (χ2v) is 7.06. The van der Waals surface area contributed by atoms with Crippen molar-refractivity contribution in [3.8, 4) is 11.5 Å². The largest absolute Gasteiger partial charge is 0.463 e. The second-order valence-electron chi connectivity index (χ2n) is 7.06. The lowest BCUT2D eigenvalue weighted by Crippen LogP contribution is -2.51. The average molecular weight is 353 g/mol. The highest BCUT2D eigenvalue weighted by atomic mass is 16.3. The van der Waals surface area contributed by atoms with Crippen molar-refractivity contribution in [3.05, 3.63) is 36.2 Å². The summed E-state index contributed by atoms with van der Waals surface area (Å²) in [5.41, 5.74) is 1.99. The Balaban J connectivity index is 1.85. The van der Waals surface area contributed by atoms with Crippen LogP contribution in [-0.2, 0) is 0 Å². The first-order valence-electron chi connectivity index (χ1n) is 8.99. The zero-order chi connectivity index (χ0) is 18.3. The Labute approximate surface area is 152 Å². The number of hydrogen-bond donors (Lipinski definition) is 1. The predicted octanol–water partition coefficient (Wildman–Crippen LogP) is 2.71. The van der Waals surface area contributed by atoms with Crippen molar-refractivity contribution in [1.29, 1.82) is 0 Å². The Kier molecular flexibility index (Phi) is 4.24. The number of carbonyl (C=O) groups excluding carboxylic acids is 1. The van der Waals surface area contributed by atoms with Gasteiger partial charge in [-0.15, -0.1) is 0 Å². The molecule has 1 aliphatic heterocycles. The minimum Gasteiger partial charge on any atom is -0.463 e. The number of aromatic nitrogens is 3. The van der Waals surface area contributed by atoms with Crippen LogP contribution in [0.25, 0.3) is 22.5 Å². The number of hydrogen-bond acceptors (Lipinski definition) is 5. The molecule has 26 heavy (non-hydrogen) atoms. The topological polar surface area (TPSA) is 76.2 Å². The van der Waals surface area contributed by atoms with Crippen LogP contribution in [0.1, 0.15) is 37.2 Å². The molecule has 1 atom stereocenters. The van der Waals surface area contributed by atoms with E-state index >= 15 is 0 Å². The minimum atomic E-state index is 0.0156. The summed E-state index contributed by atoms with van der Waals surface area (Å²) >= 11 is 0. The van der Waals surface area contributed by atoms with Gasteiger partial charge in [0.2, 0.25) is 0 Å². The van der Waals surface area contributed by atoms with Crippen LogP contribution in [0.3, 0.4) is 0 Å². The quantitative estimate of drug-likeness (QED) is 0.783. The molecular weight excluding hydrogens is 330 g/mol. The molecule has 0 spiro atoms. The summed E-state index contributed by atoms with van der Waals surface area (Å²) in [6.07, 6.45) is 3.35. The van der Waals surface area contributed by atoms with Gasteiger partial charge in [-0.3, -0.25) is 4.79 Å². The Morgan fingerprint density at radius 2 is 2.27 bits per heavy atom. The van der Waals surface area contributed by atoms with Gasteiger partial charge in [-0.25, -0.2) is 9.67 Å². The molecule has 0 aliphatic carbocycles. The van der Waals surface area contributed by atoms with Crippen molar-refractivity contribution in [2.24, 2.45) is 0 Å².